The van der Waals surface area contributed by atoms with E-state index in [1.165, 1.54) is 19.3 Å². The molecule has 1 fully saturated rings. The first-order valence-corrected chi connectivity index (χ1v) is 6.38. The molecule has 0 atom stereocenters. The number of benzene rings is 1. The minimum atomic E-state index is 0.212. The van der Waals surface area contributed by atoms with Crippen LogP contribution in [0.5, 0.6) is 17.2 Å². The smallest absolute Gasteiger partial charge is 0.152 e. The summed E-state index contributed by atoms with van der Waals surface area (Å²) in [7, 11) is 3.26. The van der Waals surface area contributed by atoms with Gasteiger partial charge in [0.15, 0.2) is 5.75 Å². The molecule has 1 saturated heterocycles. The zero-order chi connectivity index (χ0) is 13.1. The maximum atomic E-state index is 9.89. The summed E-state index contributed by atoms with van der Waals surface area (Å²) in [5.74, 6) is 1.61. The van der Waals surface area contributed by atoms with Gasteiger partial charge in [-0.25, -0.2) is 0 Å². The second kappa shape index (κ2) is 5.38. The maximum Gasteiger partial charge on any atom is 0.152 e. The van der Waals surface area contributed by atoms with Crippen LogP contribution in [0.3, 0.4) is 0 Å². The van der Waals surface area contributed by atoms with Gasteiger partial charge >= 0.3 is 0 Å². The molecule has 0 aromatic heterocycles. The van der Waals surface area contributed by atoms with Crippen LogP contribution in [0.1, 0.15) is 24.8 Å². The Morgan fingerprint density at radius 2 is 1.78 bits per heavy atom. The van der Waals surface area contributed by atoms with Crippen LogP contribution < -0.4 is 14.4 Å². The van der Waals surface area contributed by atoms with Gasteiger partial charge in [0.2, 0.25) is 0 Å². The van der Waals surface area contributed by atoms with Gasteiger partial charge in [0.25, 0.3) is 0 Å². The lowest BCUT2D eigenvalue weighted by Crippen LogP contribution is -2.30. The van der Waals surface area contributed by atoms with Gasteiger partial charge < -0.3 is 19.5 Å². The zero-order valence-corrected chi connectivity index (χ0v) is 11.3. The molecule has 18 heavy (non-hydrogen) atoms. The van der Waals surface area contributed by atoms with Gasteiger partial charge in [0.05, 0.1) is 14.2 Å². The number of phenols is 1. The van der Waals surface area contributed by atoms with Crippen molar-refractivity contribution < 1.29 is 14.6 Å². The van der Waals surface area contributed by atoms with Crippen molar-refractivity contribution >= 4 is 5.69 Å². The first-order chi connectivity index (χ1) is 8.69. The summed E-state index contributed by atoms with van der Waals surface area (Å²) in [4.78, 5) is 2.29. The second-order valence-electron chi connectivity index (χ2n) is 4.65. The summed E-state index contributed by atoms with van der Waals surface area (Å²) in [6, 6.07) is 1.67. The molecule has 4 heteroatoms. The SMILES string of the molecule is COc1cc(O)c(C)c(OC)c1N1CCCCC1. The van der Waals surface area contributed by atoms with Gasteiger partial charge in [-0.05, 0) is 26.2 Å². The Morgan fingerprint density at radius 1 is 1.11 bits per heavy atom. The maximum absolute atomic E-state index is 9.89. The van der Waals surface area contributed by atoms with Crippen molar-refractivity contribution in [1.82, 2.24) is 0 Å². The Hall–Kier alpha value is -1.58. The number of phenolic OH excluding ortho intramolecular Hbond substituents is 1. The molecule has 100 valence electrons. The third-order valence-corrected chi connectivity index (χ3v) is 3.54. The van der Waals surface area contributed by atoms with Gasteiger partial charge in [-0.15, -0.1) is 0 Å². The summed E-state index contributed by atoms with van der Waals surface area (Å²) in [6.45, 7) is 3.88. The van der Waals surface area contributed by atoms with Crippen LogP contribution in [0.25, 0.3) is 0 Å². The second-order valence-corrected chi connectivity index (χ2v) is 4.65. The highest BCUT2D eigenvalue weighted by atomic mass is 16.5. The van der Waals surface area contributed by atoms with Crippen molar-refractivity contribution in [3.63, 3.8) is 0 Å². The fourth-order valence-corrected chi connectivity index (χ4v) is 2.53. The molecule has 1 heterocycles. The minimum absolute atomic E-state index is 0.212. The topological polar surface area (TPSA) is 41.9 Å². The molecule has 1 aliphatic heterocycles. The Balaban J connectivity index is 2.51. The normalized spacial score (nSPS) is 15.6. The Kier molecular flexibility index (Phi) is 3.84. The largest absolute Gasteiger partial charge is 0.507 e. The Morgan fingerprint density at radius 3 is 2.33 bits per heavy atom. The molecule has 0 bridgehead atoms. The van der Waals surface area contributed by atoms with Crippen LogP contribution in [-0.4, -0.2) is 32.4 Å². The highest BCUT2D eigenvalue weighted by Crippen LogP contribution is 2.45. The average Bonchev–Trinajstić information content (AvgIpc) is 2.42. The van der Waals surface area contributed by atoms with Crippen molar-refractivity contribution in [2.75, 3.05) is 32.2 Å². The number of anilines is 1. The van der Waals surface area contributed by atoms with E-state index in [4.69, 9.17) is 9.47 Å². The standard InChI is InChI=1S/C14H21NO3/c1-10-11(16)9-12(17-2)13(14(10)18-3)15-7-5-4-6-8-15/h9,16H,4-8H2,1-3H3. The van der Waals surface area contributed by atoms with Crippen LogP contribution in [0.4, 0.5) is 5.69 Å². The molecule has 4 nitrogen and oxygen atoms in total. The molecule has 0 amide bonds. The molecule has 0 radical (unpaired) electrons. The molecule has 1 aromatic rings. The number of aromatic hydroxyl groups is 1. The first kappa shape index (κ1) is 12.9. The van der Waals surface area contributed by atoms with Gasteiger partial charge in [0, 0.05) is 24.7 Å². The van der Waals surface area contributed by atoms with Crippen molar-refractivity contribution in [3.8, 4) is 17.2 Å². The van der Waals surface area contributed by atoms with Gasteiger partial charge in [-0.1, -0.05) is 0 Å². The molecule has 0 saturated carbocycles. The van der Waals surface area contributed by atoms with Gasteiger partial charge in [-0.3, -0.25) is 0 Å². The van der Waals surface area contributed by atoms with E-state index in [0.29, 0.717) is 11.5 Å². The molecule has 0 unspecified atom stereocenters. The number of hydrogen-bond donors (Lipinski definition) is 1. The molecule has 1 aromatic carbocycles. The van der Waals surface area contributed by atoms with Crippen molar-refractivity contribution in [2.45, 2.75) is 26.2 Å². The van der Waals surface area contributed by atoms with Crippen LogP contribution in [0, 0.1) is 6.92 Å². The van der Waals surface area contributed by atoms with E-state index in [0.717, 1.165) is 24.3 Å². The van der Waals surface area contributed by atoms with E-state index in [1.807, 2.05) is 6.92 Å². The summed E-state index contributed by atoms with van der Waals surface area (Å²) in [5.41, 5.74) is 1.73. The van der Waals surface area contributed by atoms with Crippen molar-refractivity contribution in [2.24, 2.45) is 0 Å². The summed E-state index contributed by atoms with van der Waals surface area (Å²) < 4.78 is 10.9. The van der Waals surface area contributed by atoms with Gasteiger partial charge in [0.1, 0.15) is 17.2 Å². The third kappa shape index (κ3) is 2.19. The van der Waals surface area contributed by atoms with Crippen molar-refractivity contribution in [3.05, 3.63) is 11.6 Å². The molecule has 1 N–H and O–H groups in total. The van der Waals surface area contributed by atoms with Gasteiger partial charge in [-0.2, -0.15) is 0 Å². The van der Waals surface area contributed by atoms with E-state index in [2.05, 4.69) is 4.90 Å². The number of ether oxygens (including phenoxy) is 2. The van der Waals surface area contributed by atoms with E-state index >= 15 is 0 Å². The first-order valence-electron chi connectivity index (χ1n) is 6.38. The van der Waals surface area contributed by atoms with E-state index in [9.17, 15) is 5.11 Å². The molecule has 0 spiro atoms. The summed E-state index contributed by atoms with van der Waals surface area (Å²) >= 11 is 0. The molecule has 0 aliphatic carbocycles. The molecular formula is C14H21NO3. The zero-order valence-electron chi connectivity index (χ0n) is 11.3. The Bertz CT molecular complexity index is 426. The highest BCUT2D eigenvalue weighted by Gasteiger charge is 2.23. The van der Waals surface area contributed by atoms with Crippen LogP contribution in [0.2, 0.25) is 0 Å². The predicted octanol–water partition coefficient (Wildman–Crippen LogP) is 2.71. The number of hydrogen-bond acceptors (Lipinski definition) is 4. The van der Waals surface area contributed by atoms with E-state index in [-0.39, 0.29) is 5.75 Å². The fraction of sp³-hybridized carbons (Fsp3) is 0.571. The van der Waals surface area contributed by atoms with E-state index < -0.39 is 0 Å². The monoisotopic (exact) mass is 251 g/mol. The highest BCUT2D eigenvalue weighted by molar-refractivity contribution is 5.73. The third-order valence-electron chi connectivity index (χ3n) is 3.54. The fourth-order valence-electron chi connectivity index (χ4n) is 2.53. The van der Waals surface area contributed by atoms with Crippen LogP contribution >= 0.6 is 0 Å². The number of methoxy groups -OCH3 is 2. The minimum Gasteiger partial charge on any atom is -0.507 e. The molecule has 2 rings (SSSR count). The molecular weight excluding hydrogens is 230 g/mol. The summed E-state index contributed by atoms with van der Waals surface area (Å²) in [5, 5.41) is 9.89. The lowest BCUT2D eigenvalue weighted by molar-refractivity contribution is 0.379. The Labute approximate surface area is 108 Å². The predicted molar refractivity (Wildman–Crippen MR) is 72.0 cm³/mol. The van der Waals surface area contributed by atoms with Crippen molar-refractivity contribution in [1.29, 1.82) is 0 Å². The van der Waals surface area contributed by atoms with E-state index in [1.54, 1.807) is 20.3 Å². The summed E-state index contributed by atoms with van der Waals surface area (Å²) in [6.07, 6.45) is 3.65. The number of piperidine rings is 1. The lowest BCUT2D eigenvalue weighted by Gasteiger charge is -2.32. The number of nitrogens with zero attached hydrogens (tertiary/aromatic N) is 1. The molecule has 1 aliphatic rings. The quantitative estimate of drug-likeness (QED) is 0.897. The van der Waals surface area contributed by atoms with Crippen LogP contribution in [-0.2, 0) is 0 Å². The average molecular weight is 251 g/mol. The van der Waals surface area contributed by atoms with Crippen LogP contribution in [0.15, 0.2) is 6.07 Å². The number of rotatable bonds is 3. The lowest BCUT2D eigenvalue weighted by atomic mass is 10.1.